The Morgan fingerprint density at radius 3 is 2.25 bits per heavy atom. The molecule has 0 unspecified atom stereocenters. The minimum absolute atomic E-state index is 0.151. The number of halogens is 4. The van der Waals surface area contributed by atoms with Crippen molar-refractivity contribution in [3.05, 3.63) is 53.8 Å². The van der Waals surface area contributed by atoms with Crippen molar-refractivity contribution in [2.75, 3.05) is 0 Å². The van der Waals surface area contributed by atoms with Crippen LogP contribution in [0.5, 0.6) is 5.75 Å². The van der Waals surface area contributed by atoms with Gasteiger partial charge < -0.3 is 15.2 Å². The fraction of sp³-hybridized carbons (Fsp3) is 0.350. The van der Waals surface area contributed by atoms with Crippen molar-refractivity contribution in [2.45, 2.75) is 44.0 Å². The molecule has 28 heavy (non-hydrogen) atoms. The van der Waals surface area contributed by atoms with E-state index in [1.807, 2.05) is 0 Å². The van der Waals surface area contributed by atoms with Gasteiger partial charge >= 0.3 is 12.3 Å². The number of hydrogen-bond acceptors (Lipinski definition) is 2. The second-order valence-electron chi connectivity index (χ2n) is 6.76. The first-order valence-corrected chi connectivity index (χ1v) is 8.85. The summed E-state index contributed by atoms with van der Waals surface area (Å²) >= 11 is 0. The molecule has 0 radical (unpaired) electrons. The summed E-state index contributed by atoms with van der Waals surface area (Å²) in [5.74, 6) is -0.198. The van der Waals surface area contributed by atoms with Gasteiger partial charge in [0.1, 0.15) is 11.6 Å². The Bertz CT molecular complexity index is 828. The summed E-state index contributed by atoms with van der Waals surface area (Å²) in [6.07, 6.45) is -3.49. The van der Waals surface area contributed by atoms with Gasteiger partial charge in [-0.3, -0.25) is 0 Å². The minimum Gasteiger partial charge on any atom is -0.490 e. The Balaban J connectivity index is 1.82. The van der Waals surface area contributed by atoms with Gasteiger partial charge in [-0.1, -0.05) is 12.1 Å². The fourth-order valence-electron chi connectivity index (χ4n) is 3.34. The van der Waals surface area contributed by atoms with Gasteiger partial charge in [0.05, 0.1) is 11.7 Å². The van der Waals surface area contributed by atoms with E-state index in [0.717, 1.165) is 12.1 Å². The van der Waals surface area contributed by atoms with Crippen LogP contribution in [0, 0.1) is 5.82 Å². The summed E-state index contributed by atoms with van der Waals surface area (Å²) in [5.41, 5.74) is -0.155. The van der Waals surface area contributed by atoms with Gasteiger partial charge in [-0.05, 0) is 61.6 Å². The first-order valence-electron chi connectivity index (χ1n) is 8.85. The van der Waals surface area contributed by atoms with E-state index in [1.54, 1.807) is 0 Å². The van der Waals surface area contributed by atoms with Crippen molar-refractivity contribution < 1.29 is 32.2 Å². The SMILES string of the molecule is O=C(O)NC1CCC(Oc2ccc(C(F)(F)F)cc2-c2ccc(F)cc2)CC1. The smallest absolute Gasteiger partial charge is 0.416 e. The molecule has 2 N–H and O–H groups in total. The van der Waals surface area contributed by atoms with Gasteiger partial charge in [0.15, 0.2) is 0 Å². The molecule has 0 heterocycles. The molecule has 1 aliphatic carbocycles. The van der Waals surface area contributed by atoms with Crippen LogP contribution in [-0.2, 0) is 6.18 Å². The number of ether oxygens (including phenoxy) is 1. The van der Waals surface area contributed by atoms with Gasteiger partial charge in [0, 0.05) is 11.6 Å². The molecule has 0 atom stereocenters. The van der Waals surface area contributed by atoms with E-state index < -0.39 is 23.7 Å². The van der Waals surface area contributed by atoms with Gasteiger partial charge in [0.25, 0.3) is 0 Å². The largest absolute Gasteiger partial charge is 0.490 e. The van der Waals surface area contributed by atoms with Crippen LogP contribution < -0.4 is 10.1 Å². The van der Waals surface area contributed by atoms with E-state index in [2.05, 4.69) is 5.32 Å². The average molecular weight is 397 g/mol. The molecule has 0 aliphatic heterocycles. The monoisotopic (exact) mass is 397 g/mol. The highest BCUT2D eigenvalue weighted by Crippen LogP contribution is 2.38. The molecule has 2 aromatic rings. The van der Waals surface area contributed by atoms with Crippen LogP contribution >= 0.6 is 0 Å². The summed E-state index contributed by atoms with van der Waals surface area (Å²) in [7, 11) is 0. The van der Waals surface area contributed by atoms with Gasteiger partial charge in [-0.25, -0.2) is 9.18 Å². The molecular formula is C20H19F4NO3. The summed E-state index contributed by atoms with van der Waals surface area (Å²) in [6, 6.07) is 8.27. The number of benzene rings is 2. The molecule has 150 valence electrons. The van der Waals surface area contributed by atoms with Gasteiger partial charge in [0.2, 0.25) is 0 Å². The number of nitrogens with one attached hydrogen (secondary N) is 1. The summed E-state index contributed by atoms with van der Waals surface area (Å²) in [5, 5.41) is 11.2. The number of amides is 1. The van der Waals surface area contributed by atoms with E-state index >= 15 is 0 Å². The van der Waals surface area contributed by atoms with E-state index in [0.29, 0.717) is 31.2 Å². The fourth-order valence-corrected chi connectivity index (χ4v) is 3.34. The predicted octanol–water partition coefficient (Wildman–Crippen LogP) is 5.47. The Hall–Kier alpha value is -2.77. The maximum Gasteiger partial charge on any atom is 0.416 e. The van der Waals surface area contributed by atoms with Crippen LogP contribution in [0.3, 0.4) is 0 Å². The highest BCUT2D eigenvalue weighted by atomic mass is 19.4. The maximum atomic E-state index is 13.2. The zero-order valence-electron chi connectivity index (χ0n) is 14.8. The van der Waals surface area contributed by atoms with Crippen LogP contribution in [0.25, 0.3) is 11.1 Å². The quantitative estimate of drug-likeness (QED) is 0.673. The van der Waals surface area contributed by atoms with Crippen LogP contribution in [0.15, 0.2) is 42.5 Å². The van der Waals surface area contributed by atoms with E-state index in [-0.39, 0.29) is 23.5 Å². The van der Waals surface area contributed by atoms with Crippen LogP contribution in [0.2, 0.25) is 0 Å². The molecule has 2 aromatic carbocycles. The zero-order chi connectivity index (χ0) is 20.3. The molecule has 0 spiro atoms. The molecular weight excluding hydrogens is 378 g/mol. The Morgan fingerprint density at radius 1 is 1.04 bits per heavy atom. The van der Waals surface area contributed by atoms with Crippen molar-refractivity contribution in [3.8, 4) is 16.9 Å². The number of hydrogen-bond donors (Lipinski definition) is 2. The molecule has 1 fully saturated rings. The van der Waals surface area contributed by atoms with Gasteiger partial charge in [-0.2, -0.15) is 13.2 Å². The molecule has 0 bridgehead atoms. The number of carbonyl (C=O) groups is 1. The lowest BCUT2D eigenvalue weighted by molar-refractivity contribution is -0.137. The molecule has 1 amide bonds. The summed E-state index contributed by atoms with van der Waals surface area (Å²) in [6.45, 7) is 0. The molecule has 1 saturated carbocycles. The molecule has 0 aromatic heterocycles. The summed E-state index contributed by atoms with van der Waals surface area (Å²) in [4.78, 5) is 10.7. The first kappa shape index (κ1) is 20.0. The molecule has 1 aliphatic rings. The molecule has 0 saturated heterocycles. The normalized spacial score (nSPS) is 19.9. The predicted molar refractivity (Wildman–Crippen MR) is 94.7 cm³/mol. The van der Waals surface area contributed by atoms with Crippen molar-refractivity contribution in [1.82, 2.24) is 5.32 Å². The first-order chi connectivity index (χ1) is 13.2. The second kappa shape index (κ2) is 8.08. The average Bonchev–Trinajstić information content (AvgIpc) is 2.63. The lowest BCUT2D eigenvalue weighted by Gasteiger charge is -2.29. The highest BCUT2D eigenvalue weighted by molar-refractivity contribution is 5.71. The van der Waals surface area contributed by atoms with Crippen LogP contribution in [0.1, 0.15) is 31.2 Å². The Labute approximate surface area is 159 Å². The molecule has 4 nitrogen and oxygen atoms in total. The standard InChI is InChI=1S/C20H19F4NO3/c21-14-4-1-12(2-5-14)17-11-13(20(22,23)24)3-10-18(17)28-16-8-6-15(7-9-16)25-19(26)27/h1-5,10-11,15-16,25H,6-9H2,(H,26,27). The zero-order valence-corrected chi connectivity index (χ0v) is 14.8. The summed E-state index contributed by atoms with van der Waals surface area (Å²) < 4.78 is 58.6. The third-order valence-corrected chi connectivity index (χ3v) is 4.76. The number of alkyl halides is 3. The third-order valence-electron chi connectivity index (χ3n) is 4.76. The van der Waals surface area contributed by atoms with Crippen LogP contribution in [0.4, 0.5) is 22.4 Å². The Kier molecular flexibility index (Phi) is 5.76. The minimum atomic E-state index is -4.51. The van der Waals surface area contributed by atoms with Gasteiger partial charge in [-0.15, -0.1) is 0 Å². The maximum absolute atomic E-state index is 13.2. The highest BCUT2D eigenvalue weighted by Gasteiger charge is 2.32. The lowest BCUT2D eigenvalue weighted by atomic mass is 9.93. The lowest BCUT2D eigenvalue weighted by Crippen LogP contribution is -2.38. The van der Waals surface area contributed by atoms with Crippen molar-refractivity contribution >= 4 is 6.09 Å². The van der Waals surface area contributed by atoms with E-state index in [4.69, 9.17) is 9.84 Å². The van der Waals surface area contributed by atoms with E-state index in [9.17, 15) is 22.4 Å². The topological polar surface area (TPSA) is 58.6 Å². The number of carboxylic acid groups (broad SMARTS) is 1. The third kappa shape index (κ3) is 4.94. The Morgan fingerprint density at radius 2 is 1.68 bits per heavy atom. The molecule has 3 rings (SSSR count). The van der Waals surface area contributed by atoms with E-state index in [1.165, 1.54) is 30.3 Å². The molecule has 8 heteroatoms. The van der Waals surface area contributed by atoms with Crippen LogP contribution in [-0.4, -0.2) is 23.3 Å². The number of rotatable bonds is 4. The second-order valence-corrected chi connectivity index (χ2v) is 6.76. The van der Waals surface area contributed by atoms with Crippen molar-refractivity contribution in [1.29, 1.82) is 0 Å². The van der Waals surface area contributed by atoms with Crippen molar-refractivity contribution in [3.63, 3.8) is 0 Å². The van der Waals surface area contributed by atoms with Crippen molar-refractivity contribution in [2.24, 2.45) is 0 Å².